The Hall–Kier alpha value is -1.84. The van der Waals surface area contributed by atoms with Gasteiger partial charge >= 0.3 is 5.97 Å². The van der Waals surface area contributed by atoms with Crippen LogP contribution < -0.4 is 0 Å². The van der Waals surface area contributed by atoms with E-state index in [0.29, 0.717) is 5.57 Å². The molecule has 4 nitrogen and oxygen atoms in total. The number of hydrogen-bond acceptors (Lipinski definition) is 4. The summed E-state index contributed by atoms with van der Waals surface area (Å²) >= 11 is 0. The van der Waals surface area contributed by atoms with E-state index in [2.05, 4.69) is 10.5 Å². The first-order valence-electron chi connectivity index (χ1n) is 5.22. The molecule has 0 aliphatic rings. The second kappa shape index (κ2) is 5.67. The van der Waals surface area contributed by atoms with Crippen molar-refractivity contribution in [1.82, 2.24) is 0 Å². The third kappa shape index (κ3) is 3.09. The number of carbonyl (C=O) groups excluding carboxylic acids is 1. The number of benzene rings is 1. The number of methoxy groups -OCH3 is 1. The Morgan fingerprint density at radius 2 is 1.72 bits per heavy atom. The summed E-state index contributed by atoms with van der Waals surface area (Å²) in [7, 11) is -2.76. The molecule has 0 atom stereocenters. The molecule has 0 radical (unpaired) electrons. The van der Waals surface area contributed by atoms with E-state index in [4.69, 9.17) is 0 Å². The van der Waals surface area contributed by atoms with Crippen LogP contribution in [0.25, 0.3) is 0 Å². The molecule has 0 unspecified atom stereocenters. The van der Waals surface area contributed by atoms with Crippen molar-refractivity contribution in [2.75, 3.05) is 7.11 Å². The van der Waals surface area contributed by atoms with Gasteiger partial charge in [-0.15, -0.1) is 0 Å². The lowest BCUT2D eigenvalue weighted by molar-refractivity contribution is -0.135. The lowest BCUT2D eigenvalue weighted by atomic mass is 10.3. The van der Waals surface area contributed by atoms with Gasteiger partial charge in [0.1, 0.15) is 0 Å². The van der Waals surface area contributed by atoms with E-state index in [1.54, 1.807) is 32.0 Å². The second-order valence-electron chi connectivity index (χ2n) is 3.76. The molecule has 0 aliphatic heterocycles. The van der Waals surface area contributed by atoms with Crippen molar-refractivity contribution < 1.29 is 17.9 Å². The van der Waals surface area contributed by atoms with Gasteiger partial charge in [0.15, 0.2) is 4.91 Å². The molecule has 18 heavy (non-hydrogen) atoms. The molecule has 0 heterocycles. The molecule has 96 valence electrons. The predicted octanol–water partition coefficient (Wildman–Crippen LogP) is 2.08. The molecule has 0 aliphatic carbocycles. The fourth-order valence-electron chi connectivity index (χ4n) is 1.27. The fraction of sp³-hybridized carbons (Fsp3) is 0.231. The van der Waals surface area contributed by atoms with E-state index in [0.717, 1.165) is 7.11 Å². The molecule has 0 saturated carbocycles. The van der Waals surface area contributed by atoms with Crippen LogP contribution in [-0.4, -0.2) is 21.5 Å². The van der Waals surface area contributed by atoms with Crippen LogP contribution >= 0.6 is 0 Å². The highest BCUT2D eigenvalue weighted by molar-refractivity contribution is 7.96. The Balaban J connectivity index is 3.51. The zero-order valence-electron chi connectivity index (χ0n) is 10.4. The Morgan fingerprint density at radius 1 is 1.17 bits per heavy atom. The van der Waals surface area contributed by atoms with Crippen molar-refractivity contribution in [2.24, 2.45) is 0 Å². The molecule has 1 aromatic carbocycles. The SMILES string of the molecule is COC(=O)C(=C=C(C)C)S(=O)(=O)c1ccccc1. The highest BCUT2D eigenvalue weighted by Crippen LogP contribution is 2.19. The zero-order valence-corrected chi connectivity index (χ0v) is 11.2. The molecule has 0 bridgehead atoms. The van der Waals surface area contributed by atoms with Gasteiger partial charge in [-0.05, 0) is 31.6 Å². The molecule has 5 heteroatoms. The maximum Gasteiger partial charge on any atom is 0.357 e. The van der Waals surface area contributed by atoms with E-state index in [1.165, 1.54) is 12.1 Å². The molecule has 1 aromatic rings. The number of carbonyl (C=O) groups is 1. The molecule has 0 fully saturated rings. The molecule has 0 spiro atoms. The molecule has 0 N–H and O–H groups in total. The summed E-state index contributed by atoms with van der Waals surface area (Å²) in [6.07, 6.45) is 0. The van der Waals surface area contributed by atoms with Crippen molar-refractivity contribution in [3.8, 4) is 0 Å². The van der Waals surface area contributed by atoms with Crippen LogP contribution in [0.5, 0.6) is 0 Å². The first-order chi connectivity index (χ1) is 8.39. The highest BCUT2D eigenvalue weighted by Gasteiger charge is 2.27. The van der Waals surface area contributed by atoms with Gasteiger partial charge in [-0.25, -0.2) is 13.2 Å². The van der Waals surface area contributed by atoms with E-state index in [-0.39, 0.29) is 4.90 Å². The van der Waals surface area contributed by atoms with Crippen LogP contribution in [0, 0.1) is 0 Å². The molecule has 1 rings (SSSR count). The molecule has 0 amide bonds. The van der Waals surface area contributed by atoms with Gasteiger partial charge in [0.05, 0.1) is 12.0 Å². The standard InChI is InChI=1S/C13H14O4S/c1-10(2)9-12(13(14)17-3)18(15,16)11-7-5-4-6-8-11/h4-8H,1-3H3. The average molecular weight is 266 g/mol. The summed E-state index contributed by atoms with van der Waals surface area (Å²) in [6.45, 7) is 3.31. The van der Waals surface area contributed by atoms with Gasteiger partial charge in [0.2, 0.25) is 9.84 Å². The van der Waals surface area contributed by atoms with Gasteiger partial charge in [-0.2, -0.15) is 0 Å². The van der Waals surface area contributed by atoms with Crippen LogP contribution in [0.15, 0.2) is 51.4 Å². The van der Waals surface area contributed by atoms with Crippen LogP contribution in [0.3, 0.4) is 0 Å². The highest BCUT2D eigenvalue weighted by atomic mass is 32.2. The van der Waals surface area contributed by atoms with Gasteiger partial charge < -0.3 is 4.74 Å². The van der Waals surface area contributed by atoms with Crippen molar-refractivity contribution >= 4 is 15.8 Å². The normalized spacial score (nSPS) is 10.4. The summed E-state index contributed by atoms with van der Waals surface area (Å²) in [5.41, 5.74) is 3.12. The minimum atomic E-state index is -3.90. The number of esters is 1. The Morgan fingerprint density at radius 3 is 2.17 bits per heavy atom. The maximum atomic E-state index is 12.3. The lowest BCUT2D eigenvalue weighted by Crippen LogP contribution is -2.14. The first-order valence-corrected chi connectivity index (χ1v) is 6.70. The van der Waals surface area contributed by atoms with E-state index < -0.39 is 20.7 Å². The van der Waals surface area contributed by atoms with Crippen molar-refractivity contribution in [1.29, 1.82) is 0 Å². The Bertz CT molecular complexity index is 602. The van der Waals surface area contributed by atoms with Crippen LogP contribution in [-0.2, 0) is 19.4 Å². The van der Waals surface area contributed by atoms with Crippen LogP contribution in [0.2, 0.25) is 0 Å². The smallest absolute Gasteiger partial charge is 0.357 e. The second-order valence-corrected chi connectivity index (χ2v) is 5.65. The lowest BCUT2D eigenvalue weighted by Gasteiger charge is -2.05. The first kappa shape index (κ1) is 14.2. The minimum Gasteiger partial charge on any atom is -0.464 e. The quantitative estimate of drug-likeness (QED) is 0.477. The van der Waals surface area contributed by atoms with Gasteiger partial charge in [-0.3, -0.25) is 0 Å². The van der Waals surface area contributed by atoms with Gasteiger partial charge in [0.25, 0.3) is 0 Å². The maximum absolute atomic E-state index is 12.3. The monoisotopic (exact) mass is 266 g/mol. The molecule has 0 saturated heterocycles. The van der Waals surface area contributed by atoms with Gasteiger partial charge in [0, 0.05) is 0 Å². The largest absolute Gasteiger partial charge is 0.464 e. The van der Waals surface area contributed by atoms with Gasteiger partial charge in [-0.1, -0.05) is 23.9 Å². The van der Waals surface area contributed by atoms with Crippen molar-refractivity contribution in [3.63, 3.8) is 0 Å². The number of sulfone groups is 1. The summed E-state index contributed by atoms with van der Waals surface area (Å²) in [6, 6.07) is 7.71. The van der Waals surface area contributed by atoms with Crippen molar-refractivity contribution in [2.45, 2.75) is 18.7 Å². The topological polar surface area (TPSA) is 60.4 Å². The van der Waals surface area contributed by atoms with Crippen molar-refractivity contribution in [3.05, 3.63) is 46.5 Å². The molecular weight excluding hydrogens is 252 g/mol. The third-order valence-electron chi connectivity index (χ3n) is 2.06. The van der Waals surface area contributed by atoms with E-state index in [9.17, 15) is 13.2 Å². The number of ether oxygens (including phenoxy) is 1. The van der Waals surface area contributed by atoms with Crippen LogP contribution in [0.4, 0.5) is 0 Å². The summed E-state index contributed by atoms with van der Waals surface area (Å²) in [4.78, 5) is 11.1. The van der Waals surface area contributed by atoms with E-state index >= 15 is 0 Å². The summed E-state index contributed by atoms with van der Waals surface area (Å²) in [5.74, 6) is -0.917. The minimum absolute atomic E-state index is 0.0409. The van der Waals surface area contributed by atoms with E-state index in [1.807, 2.05) is 0 Å². The molecular formula is C13H14O4S. The predicted molar refractivity (Wildman–Crippen MR) is 67.5 cm³/mol. The number of hydrogen-bond donors (Lipinski definition) is 0. The Kier molecular flexibility index (Phi) is 4.48. The molecule has 0 aromatic heterocycles. The Labute approximate surface area is 107 Å². The fourth-order valence-corrected chi connectivity index (χ4v) is 2.66. The summed E-state index contributed by atoms with van der Waals surface area (Å²) in [5, 5.41) is 0. The third-order valence-corrected chi connectivity index (χ3v) is 3.76. The summed E-state index contributed by atoms with van der Waals surface area (Å²) < 4.78 is 29.0. The average Bonchev–Trinajstić information content (AvgIpc) is 2.35. The van der Waals surface area contributed by atoms with Crippen LogP contribution in [0.1, 0.15) is 13.8 Å². The zero-order chi connectivity index (χ0) is 13.8. The number of rotatable bonds is 3.